The third-order valence-electron chi connectivity index (χ3n) is 4.41. The molecule has 2 N–H and O–H groups in total. The average Bonchev–Trinajstić information content (AvgIpc) is 2.54. The van der Waals surface area contributed by atoms with Crippen molar-refractivity contribution in [2.75, 3.05) is 26.2 Å². The van der Waals surface area contributed by atoms with Crippen molar-refractivity contribution < 1.29 is 9.53 Å². The second-order valence-corrected chi connectivity index (χ2v) is 6.18. The summed E-state index contributed by atoms with van der Waals surface area (Å²) in [6, 6.07) is 10.3. The second kappa shape index (κ2) is 9.59. The quantitative estimate of drug-likeness (QED) is 0.713. The molecule has 0 saturated carbocycles. The summed E-state index contributed by atoms with van der Waals surface area (Å²) in [6.45, 7) is 4.80. The van der Waals surface area contributed by atoms with Crippen LogP contribution in [0.25, 0.3) is 0 Å². The molecule has 1 heterocycles. The monoisotopic (exact) mass is 304 g/mol. The number of amides is 1. The van der Waals surface area contributed by atoms with Gasteiger partial charge in [-0.1, -0.05) is 30.3 Å². The third-order valence-corrected chi connectivity index (χ3v) is 4.41. The van der Waals surface area contributed by atoms with E-state index in [1.807, 2.05) is 18.2 Å². The van der Waals surface area contributed by atoms with E-state index in [2.05, 4.69) is 17.0 Å². The van der Waals surface area contributed by atoms with Crippen LogP contribution in [0, 0.1) is 5.92 Å². The predicted molar refractivity (Wildman–Crippen MR) is 88.3 cm³/mol. The zero-order valence-corrected chi connectivity index (χ0v) is 13.4. The molecule has 22 heavy (non-hydrogen) atoms. The van der Waals surface area contributed by atoms with Gasteiger partial charge in [-0.2, -0.15) is 0 Å². The van der Waals surface area contributed by atoms with Crippen LogP contribution in [0.1, 0.15) is 37.7 Å². The zero-order valence-electron chi connectivity index (χ0n) is 13.4. The molecule has 1 fully saturated rings. The van der Waals surface area contributed by atoms with E-state index in [0.29, 0.717) is 13.0 Å². The van der Waals surface area contributed by atoms with Gasteiger partial charge in [-0.15, -0.1) is 0 Å². The van der Waals surface area contributed by atoms with E-state index in [1.54, 1.807) is 0 Å². The summed E-state index contributed by atoms with van der Waals surface area (Å²) in [5, 5.41) is 0. The summed E-state index contributed by atoms with van der Waals surface area (Å²) >= 11 is 0. The topological polar surface area (TPSA) is 55.6 Å². The fourth-order valence-electron chi connectivity index (χ4n) is 3.02. The van der Waals surface area contributed by atoms with E-state index >= 15 is 0 Å². The highest BCUT2D eigenvalue weighted by molar-refractivity contribution is 5.73. The van der Waals surface area contributed by atoms with Gasteiger partial charge in [0.1, 0.15) is 0 Å². The average molecular weight is 304 g/mol. The number of nitrogens with zero attached hydrogens (tertiary/aromatic N) is 1. The maximum absolute atomic E-state index is 10.7. The lowest BCUT2D eigenvalue weighted by Crippen LogP contribution is -2.36. The summed E-state index contributed by atoms with van der Waals surface area (Å²) in [6.07, 6.45) is 5.09. The zero-order chi connectivity index (χ0) is 15.6. The maximum Gasteiger partial charge on any atom is 0.217 e. The molecule has 0 aliphatic carbocycles. The fraction of sp³-hybridized carbons (Fsp3) is 0.611. The number of carbonyl (C=O) groups excluding carboxylic acids is 1. The molecule has 1 aromatic carbocycles. The molecule has 0 atom stereocenters. The van der Waals surface area contributed by atoms with Crippen molar-refractivity contribution in [1.82, 2.24) is 4.90 Å². The number of rotatable bonds is 9. The fourth-order valence-corrected chi connectivity index (χ4v) is 3.02. The minimum absolute atomic E-state index is 0.173. The Bertz CT molecular complexity index is 428. The number of hydrogen-bond donors (Lipinski definition) is 1. The minimum atomic E-state index is -0.173. The molecular weight excluding hydrogens is 276 g/mol. The Morgan fingerprint density at radius 3 is 2.64 bits per heavy atom. The van der Waals surface area contributed by atoms with E-state index in [4.69, 9.17) is 10.5 Å². The van der Waals surface area contributed by atoms with Crippen molar-refractivity contribution in [3.63, 3.8) is 0 Å². The Kier molecular flexibility index (Phi) is 7.40. The molecule has 0 spiro atoms. The van der Waals surface area contributed by atoms with Gasteiger partial charge in [0.2, 0.25) is 5.91 Å². The molecule has 1 aliphatic rings. The number of likely N-dealkylation sites (tertiary alicyclic amines) is 1. The van der Waals surface area contributed by atoms with Gasteiger partial charge in [-0.05, 0) is 50.3 Å². The summed E-state index contributed by atoms with van der Waals surface area (Å²) in [5.74, 6) is 0.592. The van der Waals surface area contributed by atoms with Gasteiger partial charge in [0.25, 0.3) is 0 Å². The molecule has 4 heteroatoms. The van der Waals surface area contributed by atoms with Crippen molar-refractivity contribution >= 4 is 5.91 Å². The van der Waals surface area contributed by atoms with Crippen LogP contribution in [-0.2, 0) is 16.1 Å². The third kappa shape index (κ3) is 6.58. The standard InChI is InChI=1S/C18H28N2O2/c19-18(21)8-4-7-16-9-11-20(12-10-16)13-14-22-15-17-5-2-1-3-6-17/h1-3,5-6,16H,4,7-15H2,(H2,19,21). The number of primary amides is 1. The summed E-state index contributed by atoms with van der Waals surface area (Å²) in [5.41, 5.74) is 6.41. The number of carbonyl (C=O) groups is 1. The van der Waals surface area contributed by atoms with Crippen LogP contribution in [0.5, 0.6) is 0 Å². The van der Waals surface area contributed by atoms with Crippen LogP contribution in [0.3, 0.4) is 0 Å². The smallest absolute Gasteiger partial charge is 0.217 e. The molecule has 0 radical (unpaired) electrons. The van der Waals surface area contributed by atoms with Crippen molar-refractivity contribution in [3.05, 3.63) is 35.9 Å². The van der Waals surface area contributed by atoms with Crippen molar-refractivity contribution in [2.24, 2.45) is 11.7 Å². The van der Waals surface area contributed by atoms with Crippen LogP contribution in [0.15, 0.2) is 30.3 Å². The molecule has 2 rings (SSSR count). The molecule has 1 aliphatic heterocycles. The highest BCUT2D eigenvalue weighted by atomic mass is 16.5. The molecule has 4 nitrogen and oxygen atoms in total. The maximum atomic E-state index is 10.7. The largest absolute Gasteiger partial charge is 0.375 e. The van der Waals surface area contributed by atoms with Gasteiger partial charge < -0.3 is 15.4 Å². The van der Waals surface area contributed by atoms with Crippen molar-refractivity contribution in [2.45, 2.75) is 38.7 Å². The van der Waals surface area contributed by atoms with Crippen LogP contribution in [0.4, 0.5) is 0 Å². The molecule has 0 bridgehead atoms. The second-order valence-electron chi connectivity index (χ2n) is 6.18. The number of benzene rings is 1. The Balaban J connectivity index is 1.51. The normalized spacial score (nSPS) is 16.7. The number of hydrogen-bond acceptors (Lipinski definition) is 3. The molecule has 122 valence electrons. The van der Waals surface area contributed by atoms with E-state index in [-0.39, 0.29) is 5.91 Å². The van der Waals surface area contributed by atoms with E-state index in [9.17, 15) is 4.79 Å². The molecule has 1 saturated heterocycles. The van der Waals surface area contributed by atoms with Crippen molar-refractivity contribution in [3.8, 4) is 0 Å². The van der Waals surface area contributed by atoms with Gasteiger partial charge in [-0.25, -0.2) is 0 Å². The van der Waals surface area contributed by atoms with Crippen LogP contribution in [-0.4, -0.2) is 37.0 Å². The number of ether oxygens (including phenoxy) is 1. The van der Waals surface area contributed by atoms with Gasteiger partial charge in [-0.3, -0.25) is 4.79 Å². The van der Waals surface area contributed by atoms with Gasteiger partial charge in [0, 0.05) is 13.0 Å². The molecule has 0 aromatic heterocycles. The summed E-state index contributed by atoms with van der Waals surface area (Å²) in [7, 11) is 0. The molecule has 0 unspecified atom stereocenters. The van der Waals surface area contributed by atoms with Gasteiger partial charge in [0.15, 0.2) is 0 Å². The lowest BCUT2D eigenvalue weighted by molar-refractivity contribution is -0.118. The first-order chi connectivity index (χ1) is 10.7. The lowest BCUT2D eigenvalue weighted by Gasteiger charge is -2.31. The van der Waals surface area contributed by atoms with E-state index in [0.717, 1.165) is 45.0 Å². The predicted octanol–water partition coefficient (Wildman–Crippen LogP) is 2.57. The molecule has 1 amide bonds. The first-order valence-corrected chi connectivity index (χ1v) is 8.36. The first kappa shape index (κ1) is 17.0. The Morgan fingerprint density at radius 1 is 1.23 bits per heavy atom. The Hall–Kier alpha value is -1.39. The van der Waals surface area contributed by atoms with Crippen LogP contribution >= 0.6 is 0 Å². The van der Waals surface area contributed by atoms with Crippen LogP contribution in [0.2, 0.25) is 0 Å². The van der Waals surface area contributed by atoms with E-state index in [1.165, 1.54) is 18.4 Å². The van der Waals surface area contributed by atoms with Gasteiger partial charge >= 0.3 is 0 Å². The highest BCUT2D eigenvalue weighted by Crippen LogP contribution is 2.22. The SMILES string of the molecule is NC(=O)CCCC1CCN(CCOCc2ccccc2)CC1. The Labute approximate surface area is 133 Å². The highest BCUT2D eigenvalue weighted by Gasteiger charge is 2.18. The minimum Gasteiger partial charge on any atom is -0.375 e. The molecular formula is C18H28N2O2. The lowest BCUT2D eigenvalue weighted by atomic mass is 9.91. The van der Waals surface area contributed by atoms with E-state index < -0.39 is 0 Å². The summed E-state index contributed by atoms with van der Waals surface area (Å²) < 4.78 is 5.75. The summed E-state index contributed by atoms with van der Waals surface area (Å²) in [4.78, 5) is 13.2. The number of piperidine rings is 1. The van der Waals surface area contributed by atoms with Gasteiger partial charge in [0.05, 0.1) is 13.2 Å². The molecule has 1 aromatic rings. The van der Waals surface area contributed by atoms with Crippen LogP contribution < -0.4 is 5.73 Å². The Morgan fingerprint density at radius 2 is 1.95 bits per heavy atom. The number of nitrogens with two attached hydrogens (primary N) is 1. The first-order valence-electron chi connectivity index (χ1n) is 8.36. The van der Waals surface area contributed by atoms with Crippen molar-refractivity contribution in [1.29, 1.82) is 0 Å².